The second-order valence-corrected chi connectivity index (χ2v) is 8.89. The summed E-state index contributed by atoms with van der Waals surface area (Å²) in [5.74, 6) is 1.77. The Morgan fingerprint density at radius 2 is 1.84 bits per heavy atom. The highest BCUT2D eigenvalue weighted by Crippen LogP contribution is 2.35. The monoisotopic (exact) mass is 439 g/mol. The number of methoxy groups -OCH3 is 1. The Hall–Kier alpha value is -2.87. The summed E-state index contributed by atoms with van der Waals surface area (Å²) in [6.45, 7) is 9.63. The molecule has 4 rings (SSSR count). The second-order valence-electron chi connectivity index (χ2n) is 7.89. The van der Waals surface area contributed by atoms with Gasteiger partial charge in [0.2, 0.25) is 0 Å². The summed E-state index contributed by atoms with van der Waals surface area (Å²) >= 11 is 1.45. The molecule has 7 nitrogen and oxygen atoms in total. The van der Waals surface area contributed by atoms with Crippen LogP contribution in [0.1, 0.15) is 35.5 Å². The van der Waals surface area contributed by atoms with Gasteiger partial charge in [-0.15, -0.1) is 11.3 Å². The number of aryl methyl sites for hydroxylation is 1. The smallest absolute Gasteiger partial charge is 0.261 e. The molecule has 3 aromatic rings. The van der Waals surface area contributed by atoms with Crippen molar-refractivity contribution in [1.82, 2.24) is 15.3 Å². The fourth-order valence-corrected chi connectivity index (χ4v) is 4.92. The summed E-state index contributed by atoms with van der Waals surface area (Å²) in [7, 11) is 1.68. The number of benzene rings is 1. The van der Waals surface area contributed by atoms with Gasteiger partial charge < -0.3 is 19.9 Å². The molecule has 1 aromatic carbocycles. The van der Waals surface area contributed by atoms with Gasteiger partial charge in [-0.1, -0.05) is 6.92 Å². The number of piperazine rings is 1. The van der Waals surface area contributed by atoms with Gasteiger partial charge in [0.1, 0.15) is 22.7 Å². The molecule has 0 saturated carbocycles. The van der Waals surface area contributed by atoms with Crippen molar-refractivity contribution in [1.29, 1.82) is 0 Å². The first kappa shape index (κ1) is 21.4. The number of hydrogen-bond acceptors (Lipinski definition) is 7. The van der Waals surface area contributed by atoms with E-state index in [0.29, 0.717) is 0 Å². The van der Waals surface area contributed by atoms with Crippen LogP contribution in [0.4, 0.5) is 11.5 Å². The van der Waals surface area contributed by atoms with Crippen LogP contribution in [0.5, 0.6) is 5.75 Å². The highest BCUT2D eigenvalue weighted by atomic mass is 32.1. The topological polar surface area (TPSA) is 70.6 Å². The number of carbonyl (C=O) groups excluding carboxylic acids is 1. The lowest BCUT2D eigenvalue weighted by Crippen LogP contribution is -2.46. The number of nitrogens with zero attached hydrogens (tertiary/aromatic N) is 4. The third-order valence-corrected chi connectivity index (χ3v) is 7.12. The number of nitrogens with one attached hydrogen (secondary N) is 1. The molecule has 0 spiro atoms. The number of thiophene rings is 1. The molecule has 2 aromatic heterocycles. The summed E-state index contributed by atoms with van der Waals surface area (Å²) in [6.07, 6.45) is 2.51. The van der Waals surface area contributed by atoms with Gasteiger partial charge >= 0.3 is 0 Å². The van der Waals surface area contributed by atoms with E-state index in [1.165, 1.54) is 17.0 Å². The maximum absolute atomic E-state index is 12.8. The van der Waals surface area contributed by atoms with Crippen molar-refractivity contribution in [2.24, 2.45) is 0 Å². The first-order chi connectivity index (χ1) is 15.0. The van der Waals surface area contributed by atoms with Gasteiger partial charge in [-0.05, 0) is 50.1 Å². The average molecular weight is 440 g/mol. The maximum Gasteiger partial charge on any atom is 0.261 e. The predicted molar refractivity (Wildman–Crippen MR) is 127 cm³/mol. The lowest BCUT2D eigenvalue weighted by atomic mass is 10.1. The molecule has 164 valence electrons. The zero-order valence-corrected chi connectivity index (χ0v) is 19.3. The lowest BCUT2D eigenvalue weighted by molar-refractivity contribution is 0.0943. The van der Waals surface area contributed by atoms with Crippen molar-refractivity contribution in [3.63, 3.8) is 0 Å². The normalized spacial score (nSPS) is 15.2. The minimum Gasteiger partial charge on any atom is -0.497 e. The van der Waals surface area contributed by atoms with E-state index in [1.54, 1.807) is 13.4 Å². The molecule has 1 aliphatic heterocycles. The van der Waals surface area contributed by atoms with Crippen LogP contribution in [0.15, 0.2) is 30.6 Å². The molecule has 1 atom stereocenters. The molecule has 1 fully saturated rings. The molecule has 1 saturated heterocycles. The minimum atomic E-state index is -0.0230. The van der Waals surface area contributed by atoms with Gasteiger partial charge in [0.25, 0.3) is 5.91 Å². The van der Waals surface area contributed by atoms with Crippen LogP contribution in [-0.2, 0) is 0 Å². The van der Waals surface area contributed by atoms with E-state index in [1.807, 2.05) is 26.0 Å². The van der Waals surface area contributed by atoms with Crippen LogP contribution < -0.4 is 19.9 Å². The number of rotatable bonds is 6. The van der Waals surface area contributed by atoms with E-state index in [4.69, 9.17) is 4.74 Å². The summed E-state index contributed by atoms with van der Waals surface area (Å²) < 4.78 is 5.26. The highest BCUT2D eigenvalue weighted by molar-refractivity contribution is 7.20. The standard InChI is InChI=1S/C23H29N5O2S/c1-5-15(2)26-22(29)20-16(3)19-21(24-14-25-23(19)31-20)28-12-10-27(11-13-28)17-6-8-18(30-4)9-7-17/h6-9,14-15H,5,10-13H2,1-4H3,(H,26,29)/t15-/m0/s1. The molecule has 0 aliphatic carbocycles. The Kier molecular flexibility index (Phi) is 6.27. The summed E-state index contributed by atoms with van der Waals surface area (Å²) in [4.78, 5) is 28.1. The van der Waals surface area contributed by atoms with Crippen LogP contribution in [0.2, 0.25) is 0 Å². The molecule has 0 unspecified atom stereocenters. The maximum atomic E-state index is 12.8. The van der Waals surface area contributed by atoms with Crippen molar-refractivity contribution in [2.45, 2.75) is 33.2 Å². The highest BCUT2D eigenvalue weighted by Gasteiger charge is 2.25. The number of aromatic nitrogens is 2. The quantitative estimate of drug-likeness (QED) is 0.629. The Balaban J connectivity index is 1.54. The third-order valence-electron chi connectivity index (χ3n) is 5.92. The van der Waals surface area contributed by atoms with Crippen LogP contribution in [0, 0.1) is 6.92 Å². The number of anilines is 2. The first-order valence-electron chi connectivity index (χ1n) is 10.7. The van der Waals surface area contributed by atoms with E-state index < -0.39 is 0 Å². The van der Waals surface area contributed by atoms with Crippen LogP contribution >= 0.6 is 11.3 Å². The van der Waals surface area contributed by atoms with Crippen molar-refractivity contribution in [3.8, 4) is 5.75 Å². The molecule has 0 radical (unpaired) electrons. The largest absolute Gasteiger partial charge is 0.497 e. The molecule has 0 bridgehead atoms. The Morgan fingerprint density at radius 1 is 1.16 bits per heavy atom. The molecule has 1 N–H and O–H groups in total. The van der Waals surface area contributed by atoms with Crippen molar-refractivity contribution >= 4 is 39.0 Å². The Bertz CT molecular complexity index is 1060. The van der Waals surface area contributed by atoms with E-state index in [0.717, 1.165) is 64.8 Å². The van der Waals surface area contributed by atoms with Crippen LogP contribution in [0.25, 0.3) is 10.2 Å². The fraction of sp³-hybridized carbons (Fsp3) is 0.435. The Labute approximate surface area is 187 Å². The van der Waals surface area contributed by atoms with E-state index in [9.17, 15) is 4.79 Å². The van der Waals surface area contributed by atoms with Crippen LogP contribution in [0.3, 0.4) is 0 Å². The van der Waals surface area contributed by atoms with Crippen molar-refractivity contribution < 1.29 is 9.53 Å². The Morgan fingerprint density at radius 3 is 2.48 bits per heavy atom. The zero-order valence-electron chi connectivity index (χ0n) is 18.5. The van der Waals surface area contributed by atoms with E-state index in [-0.39, 0.29) is 11.9 Å². The van der Waals surface area contributed by atoms with Gasteiger partial charge in [-0.3, -0.25) is 4.79 Å². The van der Waals surface area contributed by atoms with Gasteiger partial charge in [0.15, 0.2) is 0 Å². The van der Waals surface area contributed by atoms with E-state index in [2.05, 4.69) is 44.1 Å². The fourth-order valence-electron chi connectivity index (χ4n) is 3.87. The van der Waals surface area contributed by atoms with Crippen LogP contribution in [-0.4, -0.2) is 55.2 Å². The van der Waals surface area contributed by atoms with Crippen molar-refractivity contribution in [3.05, 3.63) is 41.0 Å². The SMILES string of the molecule is CC[C@H](C)NC(=O)c1sc2ncnc(N3CCN(c4ccc(OC)cc4)CC3)c2c1C. The molecule has 1 amide bonds. The number of ether oxygens (including phenoxy) is 1. The number of fused-ring (bicyclic) bond motifs is 1. The number of carbonyl (C=O) groups is 1. The van der Waals surface area contributed by atoms with Gasteiger partial charge in [-0.25, -0.2) is 9.97 Å². The van der Waals surface area contributed by atoms with Gasteiger partial charge in [0.05, 0.1) is 17.4 Å². The molecule has 8 heteroatoms. The van der Waals surface area contributed by atoms with E-state index >= 15 is 0 Å². The molecule has 3 heterocycles. The summed E-state index contributed by atoms with van der Waals surface area (Å²) in [6, 6.07) is 8.34. The number of hydrogen-bond donors (Lipinski definition) is 1. The molecular weight excluding hydrogens is 410 g/mol. The lowest BCUT2D eigenvalue weighted by Gasteiger charge is -2.37. The van der Waals surface area contributed by atoms with Gasteiger partial charge in [-0.2, -0.15) is 0 Å². The zero-order chi connectivity index (χ0) is 22.0. The third kappa shape index (κ3) is 4.30. The first-order valence-corrected chi connectivity index (χ1v) is 11.5. The minimum absolute atomic E-state index is 0.0230. The molecule has 31 heavy (non-hydrogen) atoms. The molecule has 1 aliphatic rings. The molecular formula is C23H29N5O2S. The number of amides is 1. The average Bonchev–Trinajstić information content (AvgIpc) is 3.16. The predicted octanol–water partition coefficient (Wildman–Crippen LogP) is 3.86. The summed E-state index contributed by atoms with van der Waals surface area (Å²) in [5.41, 5.74) is 2.16. The summed E-state index contributed by atoms with van der Waals surface area (Å²) in [5, 5.41) is 4.07. The van der Waals surface area contributed by atoms with Crippen molar-refractivity contribution in [2.75, 3.05) is 43.1 Å². The van der Waals surface area contributed by atoms with Gasteiger partial charge in [0, 0.05) is 37.9 Å². The second kappa shape index (κ2) is 9.09.